The maximum absolute atomic E-state index is 12.0. The Balaban J connectivity index is 1.63. The van der Waals surface area contributed by atoms with Crippen molar-refractivity contribution in [3.63, 3.8) is 0 Å². The number of hydrogen-bond donors (Lipinski definition) is 4. The second-order valence-corrected chi connectivity index (χ2v) is 5.07. The third-order valence-corrected chi connectivity index (χ3v) is 3.59. The van der Waals surface area contributed by atoms with E-state index in [0.29, 0.717) is 18.5 Å². The summed E-state index contributed by atoms with van der Waals surface area (Å²) >= 11 is 0. The van der Waals surface area contributed by atoms with Gasteiger partial charge in [-0.05, 0) is 36.2 Å². The van der Waals surface area contributed by atoms with E-state index in [0.717, 1.165) is 16.5 Å². The van der Waals surface area contributed by atoms with Crippen LogP contribution in [0.4, 0.5) is 0 Å². The number of hydrogen-bond acceptors (Lipinski definition) is 3. The van der Waals surface area contributed by atoms with Crippen molar-refractivity contribution < 1.29 is 15.0 Å². The molecule has 3 rings (SSSR count). The molecule has 4 N–H and O–H groups in total. The summed E-state index contributed by atoms with van der Waals surface area (Å²) in [5, 5.41) is 22.6. The van der Waals surface area contributed by atoms with E-state index in [4.69, 9.17) is 0 Å². The van der Waals surface area contributed by atoms with E-state index in [1.54, 1.807) is 0 Å². The smallest absolute Gasteiger partial charge is 0.251 e. The minimum atomic E-state index is -0.302. The number of phenols is 2. The number of aromatic hydroxyl groups is 2. The van der Waals surface area contributed by atoms with Gasteiger partial charge in [-0.25, -0.2) is 0 Å². The molecule has 3 aromatic rings. The number of para-hydroxylation sites is 1. The molecule has 112 valence electrons. The van der Waals surface area contributed by atoms with Gasteiger partial charge >= 0.3 is 0 Å². The summed E-state index contributed by atoms with van der Waals surface area (Å²) in [6, 6.07) is 12.0. The average molecular weight is 296 g/mol. The number of carbonyl (C=O) groups excluding carboxylic acids is 1. The summed E-state index contributed by atoms with van der Waals surface area (Å²) < 4.78 is 0. The van der Waals surface area contributed by atoms with Gasteiger partial charge in [-0.3, -0.25) is 4.79 Å². The van der Waals surface area contributed by atoms with Gasteiger partial charge in [0.1, 0.15) is 0 Å². The van der Waals surface area contributed by atoms with E-state index in [1.165, 1.54) is 18.2 Å². The molecule has 0 aliphatic heterocycles. The fourth-order valence-corrected chi connectivity index (χ4v) is 2.42. The van der Waals surface area contributed by atoms with E-state index in [2.05, 4.69) is 10.3 Å². The molecular weight excluding hydrogens is 280 g/mol. The standard InChI is InChI=1S/C17H16N2O3/c20-15-6-5-11(9-16(15)21)17(22)18-8-7-12-10-19-14-4-2-1-3-13(12)14/h1-6,9-10,19-21H,7-8H2,(H,18,22). The molecule has 0 aliphatic rings. The molecule has 1 amide bonds. The third-order valence-electron chi connectivity index (χ3n) is 3.59. The molecule has 0 fully saturated rings. The van der Waals surface area contributed by atoms with Gasteiger partial charge < -0.3 is 20.5 Å². The molecule has 0 radical (unpaired) electrons. The first-order valence-corrected chi connectivity index (χ1v) is 7.00. The topological polar surface area (TPSA) is 85.4 Å². The summed E-state index contributed by atoms with van der Waals surface area (Å²) in [6.45, 7) is 0.488. The van der Waals surface area contributed by atoms with E-state index in [1.807, 2.05) is 30.5 Å². The Kier molecular flexibility index (Phi) is 3.70. The Morgan fingerprint density at radius 1 is 1.09 bits per heavy atom. The van der Waals surface area contributed by atoms with Crippen LogP contribution in [0.5, 0.6) is 11.5 Å². The number of fused-ring (bicyclic) bond motifs is 1. The Labute approximate surface area is 127 Å². The first kappa shape index (κ1) is 14.0. The molecule has 0 bridgehead atoms. The van der Waals surface area contributed by atoms with E-state index < -0.39 is 0 Å². The van der Waals surface area contributed by atoms with Gasteiger partial charge in [0.15, 0.2) is 11.5 Å². The third kappa shape index (κ3) is 2.74. The number of nitrogens with one attached hydrogen (secondary N) is 2. The van der Waals surface area contributed by atoms with Crippen LogP contribution in [0.3, 0.4) is 0 Å². The monoisotopic (exact) mass is 296 g/mol. The van der Waals surface area contributed by atoms with Gasteiger partial charge in [-0.1, -0.05) is 18.2 Å². The van der Waals surface area contributed by atoms with Crippen LogP contribution >= 0.6 is 0 Å². The molecule has 0 aliphatic carbocycles. The van der Waals surface area contributed by atoms with Crippen LogP contribution < -0.4 is 5.32 Å². The van der Waals surface area contributed by atoms with Gasteiger partial charge in [0.05, 0.1) is 0 Å². The Morgan fingerprint density at radius 3 is 2.73 bits per heavy atom. The van der Waals surface area contributed by atoms with E-state index in [-0.39, 0.29) is 17.4 Å². The normalized spacial score (nSPS) is 10.7. The number of carbonyl (C=O) groups is 1. The number of aromatic amines is 1. The first-order valence-electron chi connectivity index (χ1n) is 7.00. The summed E-state index contributed by atoms with van der Waals surface area (Å²) in [4.78, 5) is 15.2. The average Bonchev–Trinajstić information content (AvgIpc) is 2.93. The lowest BCUT2D eigenvalue weighted by atomic mass is 10.1. The van der Waals surface area contributed by atoms with Crippen molar-refractivity contribution >= 4 is 16.8 Å². The predicted molar refractivity (Wildman–Crippen MR) is 84.1 cm³/mol. The molecule has 0 unspecified atom stereocenters. The number of rotatable bonds is 4. The van der Waals surface area contributed by atoms with Crippen LogP contribution in [0, 0.1) is 0 Å². The minimum Gasteiger partial charge on any atom is -0.504 e. The number of phenolic OH excluding ortho intramolecular Hbond substituents is 2. The van der Waals surface area contributed by atoms with Gasteiger partial charge in [0.25, 0.3) is 5.91 Å². The zero-order valence-electron chi connectivity index (χ0n) is 11.8. The van der Waals surface area contributed by atoms with E-state index in [9.17, 15) is 15.0 Å². The van der Waals surface area contributed by atoms with Crippen molar-refractivity contribution in [3.05, 3.63) is 59.8 Å². The van der Waals surface area contributed by atoms with Crippen molar-refractivity contribution in [2.45, 2.75) is 6.42 Å². The summed E-state index contributed by atoms with van der Waals surface area (Å²) in [5.41, 5.74) is 2.53. The van der Waals surface area contributed by atoms with Crippen molar-refractivity contribution in [1.29, 1.82) is 0 Å². The highest BCUT2D eigenvalue weighted by atomic mass is 16.3. The second kappa shape index (κ2) is 5.81. The van der Waals surface area contributed by atoms with E-state index >= 15 is 0 Å². The van der Waals surface area contributed by atoms with Crippen LogP contribution in [0.2, 0.25) is 0 Å². The predicted octanol–water partition coefficient (Wildman–Crippen LogP) is 2.55. The Bertz CT molecular complexity index is 824. The zero-order chi connectivity index (χ0) is 15.5. The Hall–Kier alpha value is -2.95. The van der Waals surface area contributed by atoms with Crippen molar-refractivity contribution in [1.82, 2.24) is 10.3 Å². The molecule has 2 aromatic carbocycles. The van der Waals surface area contributed by atoms with Gasteiger partial charge in [-0.2, -0.15) is 0 Å². The highest BCUT2D eigenvalue weighted by Crippen LogP contribution is 2.24. The molecule has 5 nitrogen and oxygen atoms in total. The van der Waals surface area contributed by atoms with Crippen molar-refractivity contribution in [2.24, 2.45) is 0 Å². The second-order valence-electron chi connectivity index (χ2n) is 5.07. The molecule has 0 saturated carbocycles. The van der Waals surface area contributed by atoms with Gasteiger partial charge in [0, 0.05) is 29.2 Å². The number of H-pyrrole nitrogens is 1. The van der Waals surface area contributed by atoms with Gasteiger partial charge in [-0.15, -0.1) is 0 Å². The van der Waals surface area contributed by atoms with Crippen LogP contribution in [-0.4, -0.2) is 27.6 Å². The lowest BCUT2D eigenvalue weighted by Crippen LogP contribution is -2.25. The van der Waals surface area contributed by atoms with Crippen molar-refractivity contribution in [3.8, 4) is 11.5 Å². The van der Waals surface area contributed by atoms with Crippen LogP contribution in [0.25, 0.3) is 10.9 Å². The maximum Gasteiger partial charge on any atom is 0.251 e. The molecule has 0 spiro atoms. The fraction of sp³-hybridized carbons (Fsp3) is 0.118. The quantitative estimate of drug-likeness (QED) is 0.558. The Morgan fingerprint density at radius 2 is 1.91 bits per heavy atom. The lowest BCUT2D eigenvalue weighted by Gasteiger charge is -2.06. The molecular formula is C17H16N2O3. The minimum absolute atomic E-state index is 0.240. The molecule has 5 heteroatoms. The number of benzene rings is 2. The van der Waals surface area contributed by atoms with Crippen LogP contribution in [-0.2, 0) is 6.42 Å². The molecule has 1 heterocycles. The SMILES string of the molecule is O=C(NCCc1c[nH]c2ccccc12)c1ccc(O)c(O)c1. The molecule has 0 saturated heterocycles. The lowest BCUT2D eigenvalue weighted by molar-refractivity contribution is 0.0953. The largest absolute Gasteiger partial charge is 0.504 e. The summed E-state index contributed by atoms with van der Waals surface area (Å²) in [7, 11) is 0. The number of aromatic nitrogens is 1. The zero-order valence-corrected chi connectivity index (χ0v) is 11.8. The molecule has 0 atom stereocenters. The first-order chi connectivity index (χ1) is 10.6. The van der Waals surface area contributed by atoms with Crippen LogP contribution in [0.1, 0.15) is 15.9 Å². The maximum atomic E-state index is 12.0. The summed E-state index contributed by atoms with van der Waals surface area (Å²) in [6.07, 6.45) is 2.66. The highest BCUT2D eigenvalue weighted by Gasteiger charge is 2.09. The van der Waals surface area contributed by atoms with Crippen molar-refractivity contribution in [2.75, 3.05) is 6.54 Å². The van der Waals surface area contributed by atoms with Crippen LogP contribution in [0.15, 0.2) is 48.7 Å². The van der Waals surface area contributed by atoms with Gasteiger partial charge in [0.2, 0.25) is 0 Å². The molecule has 22 heavy (non-hydrogen) atoms. The molecule has 1 aromatic heterocycles. The highest BCUT2D eigenvalue weighted by molar-refractivity contribution is 5.94. The summed E-state index contributed by atoms with van der Waals surface area (Å²) in [5.74, 6) is -0.824. The fourth-order valence-electron chi connectivity index (χ4n) is 2.42. The number of amides is 1.